The summed E-state index contributed by atoms with van der Waals surface area (Å²) in [5, 5.41) is 9.52. The molecule has 8 heteroatoms. The van der Waals surface area contributed by atoms with Crippen molar-refractivity contribution < 1.29 is 23.0 Å². The van der Waals surface area contributed by atoms with E-state index in [-0.39, 0.29) is 30.3 Å². The highest BCUT2D eigenvalue weighted by Gasteiger charge is 2.32. The van der Waals surface area contributed by atoms with Crippen LogP contribution in [0.5, 0.6) is 0 Å². The lowest BCUT2D eigenvalue weighted by Gasteiger charge is -2.36. The first kappa shape index (κ1) is 31.2. The maximum absolute atomic E-state index is 12.7. The highest BCUT2D eigenvalue weighted by Crippen LogP contribution is 2.40. The molecule has 1 saturated heterocycles. The molecule has 5 aromatic rings. The van der Waals surface area contributed by atoms with Crippen LogP contribution < -0.4 is 4.72 Å². The molecular formula is C37H35NO5S2. The van der Waals surface area contributed by atoms with Gasteiger partial charge in [-0.25, -0.2) is 13.1 Å². The van der Waals surface area contributed by atoms with Gasteiger partial charge >= 0.3 is 0 Å². The van der Waals surface area contributed by atoms with E-state index in [1.807, 2.05) is 84.9 Å². The number of sulfonamides is 1. The summed E-state index contributed by atoms with van der Waals surface area (Å²) in [5.74, 6) is 0.787. The molecule has 1 fully saturated rings. The molecule has 1 aliphatic rings. The van der Waals surface area contributed by atoms with Crippen molar-refractivity contribution in [3.8, 4) is 11.1 Å². The SMILES string of the molecule is O=S(=O)(NCc1cccc(-c2cccc([C@@H]3O[C@H](CSc4ccccc4)C[C@H](c4ccc(CO)cc4)O3)c2)c1)c1ccccc1. The first-order chi connectivity index (χ1) is 22.0. The van der Waals surface area contributed by atoms with Crippen LogP contribution in [0.2, 0.25) is 0 Å². The lowest BCUT2D eigenvalue weighted by atomic mass is 9.99. The van der Waals surface area contributed by atoms with Crippen molar-refractivity contribution in [1.82, 2.24) is 4.72 Å². The summed E-state index contributed by atoms with van der Waals surface area (Å²) in [5.41, 5.74) is 5.63. The molecule has 6 nitrogen and oxygen atoms in total. The zero-order valence-corrected chi connectivity index (χ0v) is 26.3. The van der Waals surface area contributed by atoms with E-state index in [4.69, 9.17) is 9.47 Å². The standard InChI is InChI=1S/C37H35NO5S2/c39-25-27-17-19-29(20-18-27)36-23-33(26-44-34-13-3-1-4-14-34)42-37(43-36)32-12-8-11-31(22-32)30-10-7-9-28(21-30)24-38-45(40,41)35-15-5-2-6-16-35/h1-22,33,36-39H,23-26H2/t33-,36+,37+/m0/s1. The minimum absolute atomic E-state index is 0.000768. The summed E-state index contributed by atoms with van der Waals surface area (Å²) in [7, 11) is -3.61. The Bertz CT molecular complexity index is 1800. The fraction of sp³-hybridized carbons (Fsp3) is 0.189. The molecule has 3 atom stereocenters. The van der Waals surface area contributed by atoms with Gasteiger partial charge in [-0.1, -0.05) is 97.1 Å². The average Bonchev–Trinajstić information content (AvgIpc) is 3.11. The van der Waals surface area contributed by atoms with Gasteiger partial charge in [0, 0.05) is 29.2 Å². The van der Waals surface area contributed by atoms with E-state index < -0.39 is 16.3 Å². The van der Waals surface area contributed by atoms with Gasteiger partial charge in [-0.15, -0.1) is 11.8 Å². The third kappa shape index (κ3) is 8.10. The highest BCUT2D eigenvalue weighted by molar-refractivity contribution is 7.99. The highest BCUT2D eigenvalue weighted by atomic mass is 32.2. The van der Waals surface area contributed by atoms with Crippen molar-refractivity contribution in [3.63, 3.8) is 0 Å². The van der Waals surface area contributed by atoms with Crippen molar-refractivity contribution in [2.45, 2.75) is 47.9 Å². The second-order valence-corrected chi connectivity index (χ2v) is 13.8. The summed E-state index contributed by atoms with van der Waals surface area (Å²) < 4.78 is 41.3. The smallest absolute Gasteiger partial charge is 0.240 e. The molecular weight excluding hydrogens is 603 g/mol. The first-order valence-electron chi connectivity index (χ1n) is 14.9. The maximum Gasteiger partial charge on any atom is 0.240 e. The third-order valence-electron chi connectivity index (χ3n) is 7.73. The Morgan fingerprint density at radius 3 is 2.13 bits per heavy atom. The van der Waals surface area contributed by atoms with Crippen LogP contribution in [-0.4, -0.2) is 25.4 Å². The summed E-state index contributed by atoms with van der Waals surface area (Å²) in [6.07, 6.45) is -0.0536. The summed E-state index contributed by atoms with van der Waals surface area (Å²) in [6, 6.07) is 42.6. The van der Waals surface area contributed by atoms with E-state index in [0.717, 1.165) is 45.6 Å². The predicted octanol–water partition coefficient (Wildman–Crippen LogP) is 7.66. The van der Waals surface area contributed by atoms with Crippen LogP contribution in [0.4, 0.5) is 0 Å². The molecule has 230 valence electrons. The number of aliphatic hydroxyl groups excluding tert-OH is 1. The predicted molar refractivity (Wildman–Crippen MR) is 178 cm³/mol. The molecule has 0 bridgehead atoms. The van der Waals surface area contributed by atoms with E-state index in [9.17, 15) is 13.5 Å². The Balaban J connectivity index is 1.21. The van der Waals surface area contributed by atoms with Crippen LogP contribution in [0.3, 0.4) is 0 Å². The topological polar surface area (TPSA) is 84.9 Å². The number of hydrogen-bond acceptors (Lipinski definition) is 6. The number of hydrogen-bond donors (Lipinski definition) is 2. The Kier molecular flexibility index (Phi) is 10.1. The molecule has 0 aromatic heterocycles. The Labute approximate surface area is 269 Å². The lowest BCUT2D eigenvalue weighted by molar-refractivity contribution is -0.245. The maximum atomic E-state index is 12.7. The summed E-state index contributed by atoms with van der Waals surface area (Å²) in [6.45, 7) is 0.178. The molecule has 1 aliphatic heterocycles. The number of ether oxygens (including phenoxy) is 2. The molecule has 0 spiro atoms. The molecule has 0 unspecified atom stereocenters. The Morgan fingerprint density at radius 2 is 1.40 bits per heavy atom. The minimum atomic E-state index is -3.61. The normalized spacial score (nSPS) is 18.5. The van der Waals surface area contributed by atoms with E-state index in [1.54, 1.807) is 42.1 Å². The van der Waals surface area contributed by atoms with Crippen molar-refractivity contribution in [3.05, 3.63) is 156 Å². The third-order valence-corrected chi connectivity index (χ3v) is 10.3. The van der Waals surface area contributed by atoms with Gasteiger partial charge in [0.2, 0.25) is 10.0 Å². The van der Waals surface area contributed by atoms with E-state index in [1.165, 1.54) is 4.90 Å². The number of benzene rings is 5. The molecule has 0 aliphatic carbocycles. The molecule has 45 heavy (non-hydrogen) atoms. The van der Waals surface area contributed by atoms with Crippen LogP contribution >= 0.6 is 11.8 Å². The van der Waals surface area contributed by atoms with Crippen LogP contribution in [0.25, 0.3) is 11.1 Å². The van der Waals surface area contributed by atoms with Crippen molar-refractivity contribution in [2.75, 3.05) is 5.75 Å². The Morgan fingerprint density at radius 1 is 0.711 bits per heavy atom. The Hall–Kier alpha value is -3.76. The second kappa shape index (κ2) is 14.6. The van der Waals surface area contributed by atoms with Crippen LogP contribution in [-0.2, 0) is 32.6 Å². The fourth-order valence-corrected chi connectivity index (χ4v) is 7.30. The van der Waals surface area contributed by atoms with Gasteiger partial charge in [0.1, 0.15) is 0 Å². The monoisotopic (exact) mass is 637 g/mol. The average molecular weight is 638 g/mol. The van der Waals surface area contributed by atoms with Gasteiger partial charge in [-0.2, -0.15) is 0 Å². The summed E-state index contributed by atoms with van der Waals surface area (Å²) >= 11 is 1.77. The first-order valence-corrected chi connectivity index (χ1v) is 17.4. The minimum Gasteiger partial charge on any atom is -0.392 e. The summed E-state index contributed by atoms with van der Waals surface area (Å²) in [4.78, 5) is 1.44. The van der Waals surface area contributed by atoms with E-state index >= 15 is 0 Å². The second-order valence-electron chi connectivity index (χ2n) is 10.9. The zero-order chi connectivity index (χ0) is 31.1. The zero-order valence-electron chi connectivity index (χ0n) is 24.7. The molecule has 0 radical (unpaired) electrons. The van der Waals surface area contributed by atoms with Gasteiger partial charge in [0.15, 0.2) is 6.29 Å². The van der Waals surface area contributed by atoms with E-state index in [0.29, 0.717) is 0 Å². The van der Waals surface area contributed by atoms with E-state index in [2.05, 4.69) is 22.9 Å². The van der Waals surface area contributed by atoms with Crippen LogP contribution in [0, 0.1) is 0 Å². The molecule has 5 aromatic carbocycles. The van der Waals surface area contributed by atoms with Crippen LogP contribution in [0.1, 0.15) is 41.1 Å². The number of nitrogens with one attached hydrogen (secondary N) is 1. The fourth-order valence-electron chi connectivity index (χ4n) is 5.32. The largest absolute Gasteiger partial charge is 0.392 e. The van der Waals surface area contributed by atoms with Crippen LogP contribution in [0.15, 0.2) is 143 Å². The number of thioether (sulfide) groups is 1. The lowest BCUT2D eigenvalue weighted by Crippen LogP contribution is -2.31. The number of aliphatic hydroxyl groups is 1. The van der Waals surface area contributed by atoms with Crippen molar-refractivity contribution >= 4 is 21.8 Å². The van der Waals surface area contributed by atoms with Gasteiger partial charge in [0.05, 0.1) is 23.7 Å². The van der Waals surface area contributed by atoms with Crippen molar-refractivity contribution in [1.29, 1.82) is 0 Å². The number of rotatable bonds is 11. The molecule has 2 N–H and O–H groups in total. The molecule has 0 saturated carbocycles. The van der Waals surface area contributed by atoms with Gasteiger partial charge in [0.25, 0.3) is 0 Å². The quantitative estimate of drug-likeness (QED) is 0.145. The van der Waals surface area contributed by atoms with Gasteiger partial charge in [-0.05, 0) is 64.2 Å². The molecule has 6 rings (SSSR count). The molecule has 0 amide bonds. The van der Waals surface area contributed by atoms with Gasteiger partial charge in [-0.3, -0.25) is 0 Å². The van der Waals surface area contributed by atoms with Crippen molar-refractivity contribution in [2.24, 2.45) is 0 Å². The molecule has 1 heterocycles. The van der Waals surface area contributed by atoms with Gasteiger partial charge < -0.3 is 14.6 Å².